The number of hydrogen-bond donors (Lipinski definition) is 3. The Morgan fingerprint density at radius 1 is 1.29 bits per heavy atom. The summed E-state index contributed by atoms with van der Waals surface area (Å²) in [4.78, 5) is 16.2. The van der Waals surface area contributed by atoms with Crippen molar-refractivity contribution in [1.82, 2.24) is 25.2 Å². The minimum Gasteiger partial charge on any atom is -0.484 e. The molecule has 0 saturated heterocycles. The Balaban J connectivity index is 1.77. The van der Waals surface area contributed by atoms with E-state index < -0.39 is 10.0 Å². The summed E-state index contributed by atoms with van der Waals surface area (Å²) < 4.78 is 32.3. The van der Waals surface area contributed by atoms with Crippen molar-refractivity contribution in [2.75, 3.05) is 25.4 Å². The minimum absolute atomic E-state index is 0.147. The quantitative estimate of drug-likeness (QED) is 0.365. The summed E-state index contributed by atoms with van der Waals surface area (Å²) in [6, 6.07) is 4.55. The largest absolute Gasteiger partial charge is 0.484 e. The van der Waals surface area contributed by atoms with Crippen molar-refractivity contribution >= 4 is 27.7 Å². The number of carbonyl (C=O) groups is 1. The maximum Gasteiger partial charge on any atom is 0.257 e. The molecule has 0 unspecified atom stereocenters. The Labute approximate surface area is 169 Å². The summed E-state index contributed by atoms with van der Waals surface area (Å²) in [6.45, 7) is 6.14. The number of aryl methyl sites for hydroxylation is 2. The first-order chi connectivity index (χ1) is 13.3. The van der Waals surface area contributed by atoms with Crippen LogP contribution in [0.1, 0.15) is 24.7 Å². The Morgan fingerprint density at radius 3 is 2.71 bits per heavy atom. The van der Waals surface area contributed by atoms with Gasteiger partial charge in [-0.1, -0.05) is 18.7 Å². The van der Waals surface area contributed by atoms with E-state index in [2.05, 4.69) is 25.2 Å². The van der Waals surface area contributed by atoms with Gasteiger partial charge in [-0.25, -0.2) is 18.1 Å². The van der Waals surface area contributed by atoms with Gasteiger partial charge >= 0.3 is 0 Å². The zero-order valence-corrected chi connectivity index (χ0v) is 17.7. The maximum atomic E-state index is 12.1. The molecule has 28 heavy (non-hydrogen) atoms. The third kappa shape index (κ3) is 6.80. The van der Waals surface area contributed by atoms with Crippen LogP contribution in [0.25, 0.3) is 0 Å². The van der Waals surface area contributed by atoms with Crippen molar-refractivity contribution in [1.29, 1.82) is 0 Å². The fraction of sp³-hybridized carbons (Fsp3) is 0.471. The second-order valence-electron chi connectivity index (χ2n) is 6.02. The monoisotopic (exact) mass is 427 g/mol. The zero-order chi connectivity index (χ0) is 20.6. The lowest BCUT2D eigenvalue weighted by Crippen LogP contribution is -2.30. The molecular weight excluding hydrogens is 402 g/mol. The Hall–Kier alpha value is -2.11. The molecule has 0 spiro atoms. The van der Waals surface area contributed by atoms with Crippen LogP contribution >= 0.6 is 11.8 Å². The second-order valence-corrected chi connectivity index (χ2v) is 8.84. The number of H-pyrrole nitrogens is 1. The summed E-state index contributed by atoms with van der Waals surface area (Å²) in [5.41, 5.74) is 0.641. The number of nitrogens with one attached hydrogen (secondary N) is 3. The van der Waals surface area contributed by atoms with E-state index >= 15 is 0 Å². The highest BCUT2D eigenvalue weighted by Crippen LogP contribution is 2.21. The number of aromatic amines is 1. The number of nitrogens with zero attached hydrogens (tertiary/aromatic N) is 2. The molecule has 3 N–H and O–H groups in total. The number of hydrogen-bond acceptors (Lipinski definition) is 7. The van der Waals surface area contributed by atoms with Crippen molar-refractivity contribution in [3.63, 3.8) is 0 Å². The zero-order valence-electron chi connectivity index (χ0n) is 16.1. The van der Waals surface area contributed by atoms with Crippen molar-refractivity contribution in [2.45, 2.75) is 37.2 Å². The van der Waals surface area contributed by atoms with Gasteiger partial charge in [0.15, 0.2) is 6.61 Å². The Morgan fingerprint density at radius 2 is 2.07 bits per heavy atom. The minimum atomic E-state index is -3.53. The molecule has 0 radical (unpaired) electrons. The van der Waals surface area contributed by atoms with Gasteiger partial charge in [0, 0.05) is 18.8 Å². The van der Waals surface area contributed by atoms with E-state index in [1.54, 1.807) is 13.0 Å². The molecule has 11 heteroatoms. The van der Waals surface area contributed by atoms with Crippen molar-refractivity contribution < 1.29 is 17.9 Å². The normalized spacial score (nSPS) is 11.4. The number of rotatable bonds is 11. The van der Waals surface area contributed by atoms with Crippen LogP contribution < -0.4 is 14.8 Å². The van der Waals surface area contributed by atoms with Crippen molar-refractivity contribution in [3.05, 3.63) is 29.6 Å². The molecule has 0 atom stereocenters. The van der Waals surface area contributed by atoms with Crippen LogP contribution in [0.2, 0.25) is 0 Å². The topological polar surface area (TPSA) is 126 Å². The smallest absolute Gasteiger partial charge is 0.257 e. The highest BCUT2D eigenvalue weighted by Gasteiger charge is 2.15. The van der Waals surface area contributed by atoms with Crippen LogP contribution in [0.15, 0.2) is 28.3 Å². The van der Waals surface area contributed by atoms with Gasteiger partial charge in [-0.2, -0.15) is 0 Å². The molecule has 1 heterocycles. The van der Waals surface area contributed by atoms with E-state index in [9.17, 15) is 13.2 Å². The third-order valence-electron chi connectivity index (χ3n) is 3.59. The van der Waals surface area contributed by atoms with Crippen LogP contribution in [-0.2, 0) is 14.8 Å². The van der Waals surface area contributed by atoms with Crippen molar-refractivity contribution in [2.24, 2.45) is 0 Å². The number of benzene rings is 1. The van der Waals surface area contributed by atoms with Gasteiger partial charge in [-0.15, -0.1) is 5.10 Å². The summed E-state index contributed by atoms with van der Waals surface area (Å²) in [5.74, 6) is 1.59. The molecule has 2 aromatic rings. The molecule has 0 aliphatic carbocycles. The first-order valence-electron chi connectivity index (χ1n) is 8.83. The van der Waals surface area contributed by atoms with E-state index in [0.717, 1.165) is 5.82 Å². The first-order valence-corrected chi connectivity index (χ1v) is 11.3. The molecule has 1 aromatic heterocycles. The predicted octanol–water partition coefficient (Wildman–Crippen LogP) is 1.40. The lowest BCUT2D eigenvalue weighted by Gasteiger charge is -2.11. The van der Waals surface area contributed by atoms with E-state index in [4.69, 9.17) is 4.74 Å². The highest BCUT2D eigenvalue weighted by molar-refractivity contribution is 7.99. The summed E-state index contributed by atoms with van der Waals surface area (Å²) in [5, 5.41) is 10.1. The predicted molar refractivity (Wildman–Crippen MR) is 107 cm³/mol. The Kier molecular flexibility index (Phi) is 8.27. The lowest BCUT2D eigenvalue weighted by molar-refractivity contribution is -0.122. The number of carbonyl (C=O) groups excluding carboxylic acids is 1. The van der Waals surface area contributed by atoms with E-state index in [-0.39, 0.29) is 17.4 Å². The molecule has 9 nitrogen and oxygen atoms in total. The Bertz CT molecular complexity index is 899. The summed E-state index contributed by atoms with van der Waals surface area (Å²) in [7, 11) is -3.53. The number of amides is 1. The van der Waals surface area contributed by atoms with Crippen LogP contribution in [-0.4, -0.2) is 55.0 Å². The van der Waals surface area contributed by atoms with Gasteiger partial charge in [0.05, 0.1) is 4.90 Å². The molecule has 0 fully saturated rings. The van der Waals surface area contributed by atoms with Crippen LogP contribution in [0.3, 0.4) is 0 Å². The fourth-order valence-electron chi connectivity index (χ4n) is 2.18. The van der Waals surface area contributed by atoms with E-state index in [1.165, 1.54) is 23.9 Å². The van der Waals surface area contributed by atoms with Gasteiger partial charge in [0.2, 0.25) is 15.2 Å². The van der Waals surface area contributed by atoms with E-state index in [0.29, 0.717) is 41.7 Å². The van der Waals surface area contributed by atoms with Gasteiger partial charge in [-0.3, -0.25) is 9.89 Å². The third-order valence-corrected chi connectivity index (χ3v) is 5.90. The maximum absolute atomic E-state index is 12.1. The van der Waals surface area contributed by atoms with Gasteiger partial charge < -0.3 is 10.1 Å². The van der Waals surface area contributed by atoms with Crippen LogP contribution in [0.4, 0.5) is 0 Å². The number of ether oxygens (including phenoxy) is 1. The standard InChI is InChI=1S/C17H25N5O4S2/c1-4-7-19-28(24,25)14-5-6-15(12(2)10-14)26-11-16(23)18-8-9-27-17-20-13(3)21-22-17/h5-6,10,19H,4,7-9,11H2,1-3H3,(H,18,23)(H,20,21,22). The molecule has 0 bridgehead atoms. The SMILES string of the molecule is CCCNS(=O)(=O)c1ccc(OCC(=O)NCCSc2n[nH]c(C)n2)c(C)c1. The molecule has 0 saturated carbocycles. The average Bonchev–Trinajstić information content (AvgIpc) is 3.07. The van der Waals surface area contributed by atoms with Gasteiger partial charge in [0.25, 0.3) is 5.91 Å². The summed E-state index contributed by atoms with van der Waals surface area (Å²) >= 11 is 1.44. The molecular formula is C17H25N5O4S2. The van der Waals surface area contributed by atoms with E-state index in [1.807, 2.05) is 13.8 Å². The molecule has 2 rings (SSSR count). The highest BCUT2D eigenvalue weighted by atomic mass is 32.2. The average molecular weight is 428 g/mol. The lowest BCUT2D eigenvalue weighted by atomic mass is 10.2. The molecule has 0 aliphatic heterocycles. The van der Waals surface area contributed by atoms with Gasteiger partial charge in [-0.05, 0) is 44.0 Å². The molecule has 1 aromatic carbocycles. The van der Waals surface area contributed by atoms with Crippen molar-refractivity contribution in [3.8, 4) is 5.75 Å². The molecule has 1 amide bonds. The number of sulfonamides is 1. The fourth-order valence-corrected chi connectivity index (χ4v) is 4.10. The molecule has 0 aliphatic rings. The van der Waals surface area contributed by atoms with Crippen LogP contribution in [0.5, 0.6) is 5.75 Å². The van der Waals surface area contributed by atoms with Crippen LogP contribution in [0, 0.1) is 13.8 Å². The number of thioether (sulfide) groups is 1. The molecule has 154 valence electrons. The summed E-state index contributed by atoms with van der Waals surface area (Å²) in [6.07, 6.45) is 0.713. The van der Waals surface area contributed by atoms with Gasteiger partial charge in [0.1, 0.15) is 11.6 Å². The number of aromatic nitrogens is 3. The first kappa shape index (κ1) is 22.2. The second kappa shape index (κ2) is 10.4.